The second kappa shape index (κ2) is 7.09. The molecule has 0 bridgehead atoms. The summed E-state index contributed by atoms with van der Waals surface area (Å²) in [6, 6.07) is 0. The Morgan fingerprint density at radius 1 is 1.52 bits per heavy atom. The van der Waals surface area contributed by atoms with Crippen molar-refractivity contribution >= 4 is 37.0 Å². The molecule has 0 aliphatic heterocycles. The minimum absolute atomic E-state index is 0.0297. The third kappa shape index (κ3) is 4.95. The maximum Gasteiger partial charge on any atom is 0.271 e. The minimum Gasteiger partial charge on any atom is -0.381 e. The van der Waals surface area contributed by atoms with Crippen LogP contribution in [-0.4, -0.2) is 34.1 Å². The van der Waals surface area contributed by atoms with Crippen molar-refractivity contribution in [2.45, 2.75) is 30.4 Å². The summed E-state index contributed by atoms with van der Waals surface area (Å²) in [4.78, 5) is 12.0. The standard InChI is InChI=1S/C13H18ClNO4S2/c1-9-11(8-20-13(9)21(14,17)18)12(16)15-5-2-6-19-7-10-3-4-10/h8,10H,2-7H2,1H3,(H,15,16). The molecule has 0 atom stereocenters. The lowest BCUT2D eigenvalue weighted by atomic mass is 10.2. The number of halogens is 1. The fourth-order valence-electron chi connectivity index (χ4n) is 1.87. The van der Waals surface area contributed by atoms with Crippen LogP contribution >= 0.6 is 22.0 Å². The highest BCUT2D eigenvalue weighted by Gasteiger charge is 2.22. The van der Waals surface area contributed by atoms with Gasteiger partial charge in [-0.25, -0.2) is 8.42 Å². The van der Waals surface area contributed by atoms with Crippen LogP contribution in [-0.2, 0) is 13.8 Å². The van der Waals surface area contributed by atoms with Crippen molar-refractivity contribution in [3.63, 3.8) is 0 Å². The van der Waals surface area contributed by atoms with E-state index in [4.69, 9.17) is 15.4 Å². The lowest BCUT2D eigenvalue weighted by Crippen LogP contribution is -2.25. The molecule has 21 heavy (non-hydrogen) atoms. The Labute approximate surface area is 133 Å². The summed E-state index contributed by atoms with van der Waals surface area (Å²) in [5.41, 5.74) is 0.760. The van der Waals surface area contributed by atoms with E-state index in [1.165, 1.54) is 18.2 Å². The van der Waals surface area contributed by atoms with Gasteiger partial charge in [0.1, 0.15) is 4.21 Å². The van der Waals surface area contributed by atoms with Crippen molar-refractivity contribution < 1.29 is 17.9 Å². The summed E-state index contributed by atoms with van der Waals surface area (Å²) < 4.78 is 28.1. The Balaban J connectivity index is 1.76. The quantitative estimate of drug-likeness (QED) is 0.577. The molecule has 1 aromatic heterocycles. The molecule has 1 aliphatic carbocycles. The number of thiophene rings is 1. The van der Waals surface area contributed by atoms with E-state index in [-0.39, 0.29) is 10.1 Å². The van der Waals surface area contributed by atoms with E-state index in [1.807, 2.05) is 0 Å². The van der Waals surface area contributed by atoms with Gasteiger partial charge < -0.3 is 10.1 Å². The first-order valence-electron chi connectivity index (χ1n) is 6.78. The molecule has 1 N–H and O–H groups in total. The van der Waals surface area contributed by atoms with E-state index in [0.717, 1.165) is 30.3 Å². The normalized spacial score (nSPS) is 15.1. The van der Waals surface area contributed by atoms with Gasteiger partial charge in [0.05, 0.1) is 5.56 Å². The average Bonchev–Trinajstić information content (AvgIpc) is 3.13. The molecule has 8 heteroatoms. The number of hydrogen-bond acceptors (Lipinski definition) is 5. The number of ether oxygens (including phenoxy) is 1. The first-order chi connectivity index (χ1) is 9.89. The van der Waals surface area contributed by atoms with Gasteiger partial charge >= 0.3 is 0 Å². The van der Waals surface area contributed by atoms with Gasteiger partial charge in [0.2, 0.25) is 0 Å². The maximum atomic E-state index is 12.0. The zero-order valence-electron chi connectivity index (χ0n) is 11.7. The topological polar surface area (TPSA) is 72.5 Å². The fraction of sp³-hybridized carbons (Fsp3) is 0.615. The molecule has 1 heterocycles. The number of carbonyl (C=O) groups is 1. The molecule has 2 rings (SSSR count). The largest absolute Gasteiger partial charge is 0.381 e. The van der Waals surface area contributed by atoms with Gasteiger partial charge in [0.25, 0.3) is 15.0 Å². The molecule has 0 spiro atoms. The third-order valence-corrected chi connectivity index (χ3v) is 6.57. The molecular weight excluding hydrogens is 334 g/mol. The molecule has 0 radical (unpaired) electrons. The summed E-state index contributed by atoms with van der Waals surface area (Å²) >= 11 is 0.963. The molecular formula is C13H18ClNO4S2. The summed E-state index contributed by atoms with van der Waals surface area (Å²) in [7, 11) is 1.52. The minimum atomic E-state index is -3.79. The zero-order chi connectivity index (χ0) is 15.5. The van der Waals surface area contributed by atoms with Crippen molar-refractivity contribution in [2.24, 2.45) is 5.92 Å². The molecule has 1 fully saturated rings. The van der Waals surface area contributed by atoms with Crippen molar-refractivity contribution in [3.05, 3.63) is 16.5 Å². The van der Waals surface area contributed by atoms with Gasteiger partial charge in [0, 0.05) is 35.8 Å². The number of hydrogen-bond donors (Lipinski definition) is 1. The van der Waals surface area contributed by atoms with Crippen LogP contribution in [0.5, 0.6) is 0 Å². The van der Waals surface area contributed by atoms with Gasteiger partial charge in [0.15, 0.2) is 0 Å². The molecule has 5 nitrogen and oxygen atoms in total. The Morgan fingerprint density at radius 3 is 2.81 bits per heavy atom. The van der Waals surface area contributed by atoms with Crippen LogP contribution in [0.2, 0.25) is 0 Å². The summed E-state index contributed by atoms with van der Waals surface area (Å²) in [5, 5.41) is 4.28. The van der Waals surface area contributed by atoms with Crippen molar-refractivity contribution in [1.29, 1.82) is 0 Å². The highest BCUT2D eigenvalue weighted by molar-refractivity contribution is 8.15. The Bertz CT molecular complexity index is 608. The Morgan fingerprint density at radius 2 is 2.24 bits per heavy atom. The van der Waals surface area contributed by atoms with Gasteiger partial charge in [-0.05, 0) is 37.7 Å². The van der Waals surface area contributed by atoms with Crippen LogP contribution in [0.4, 0.5) is 0 Å². The first kappa shape index (κ1) is 16.7. The van der Waals surface area contributed by atoms with Crippen LogP contribution in [0.15, 0.2) is 9.59 Å². The molecule has 0 aromatic carbocycles. The highest BCUT2D eigenvalue weighted by atomic mass is 35.7. The predicted octanol–water partition coefficient (Wildman–Crippen LogP) is 2.53. The lowest BCUT2D eigenvalue weighted by molar-refractivity contribution is 0.0937. The van der Waals surface area contributed by atoms with Crippen molar-refractivity contribution in [3.8, 4) is 0 Å². The maximum absolute atomic E-state index is 12.0. The van der Waals surface area contributed by atoms with E-state index < -0.39 is 9.05 Å². The van der Waals surface area contributed by atoms with Crippen LogP contribution in [0.25, 0.3) is 0 Å². The SMILES string of the molecule is Cc1c(C(=O)NCCCOCC2CC2)csc1S(=O)(=O)Cl. The summed E-state index contributed by atoms with van der Waals surface area (Å²) in [6.45, 7) is 3.52. The molecule has 118 valence electrons. The molecule has 1 saturated carbocycles. The summed E-state index contributed by atoms with van der Waals surface area (Å²) in [5.74, 6) is 0.460. The molecule has 1 aliphatic rings. The highest BCUT2D eigenvalue weighted by Crippen LogP contribution is 2.29. The van der Waals surface area contributed by atoms with Crippen molar-refractivity contribution in [1.82, 2.24) is 5.32 Å². The number of amides is 1. The van der Waals surface area contributed by atoms with E-state index >= 15 is 0 Å². The van der Waals surface area contributed by atoms with Gasteiger partial charge in [-0.3, -0.25) is 4.79 Å². The van der Waals surface area contributed by atoms with Gasteiger partial charge in [-0.2, -0.15) is 0 Å². The molecule has 1 aromatic rings. The number of nitrogens with one attached hydrogen (secondary N) is 1. The Kier molecular flexibility index (Phi) is 5.65. The van der Waals surface area contributed by atoms with E-state index in [9.17, 15) is 13.2 Å². The number of rotatable bonds is 8. The van der Waals surface area contributed by atoms with E-state index in [0.29, 0.717) is 24.3 Å². The van der Waals surface area contributed by atoms with Crippen LogP contribution < -0.4 is 5.32 Å². The van der Waals surface area contributed by atoms with Gasteiger partial charge in [-0.1, -0.05) is 0 Å². The monoisotopic (exact) mass is 351 g/mol. The second-order valence-corrected chi connectivity index (χ2v) is 8.77. The van der Waals surface area contributed by atoms with Crippen LogP contribution in [0.3, 0.4) is 0 Å². The molecule has 0 saturated heterocycles. The fourth-order valence-corrected chi connectivity index (χ4v) is 4.42. The van der Waals surface area contributed by atoms with Crippen molar-refractivity contribution in [2.75, 3.05) is 19.8 Å². The molecule has 1 amide bonds. The smallest absolute Gasteiger partial charge is 0.271 e. The lowest BCUT2D eigenvalue weighted by Gasteiger charge is -2.06. The number of carbonyl (C=O) groups excluding carboxylic acids is 1. The third-order valence-electron chi connectivity index (χ3n) is 3.26. The average molecular weight is 352 g/mol. The predicted molar refractivity (Wildman–Crippen MR) is 82.6 cm³/mol. The van der Waals surface area contributed by atoms with E-state index in [2.05, 4.69) is 5.32 Å². The van der Waals surface area contributed by atoms with Crippen LogP contribution in [0, 0.1) is 12.8 Å². The first-order valence-corrected chi connectivity index (χ1v) is 9.97. The van der Waals surface area contributed by atoms with Crippen LogP contribution in [0.1, 0.15) is 35.2 Å². The summed E-state index contributed by atoms with van der Waals surface area (Å²) in [6.07, 6.45) is 3.27. The van der Waals surface area contributed by atoms with Gasteiger partial charge in [-0.15, -0.1) is 11.3 Å². The molecule has 0 unspecified atom stereocenters. The second-order valence-electron chi connectivity index (χ2n) is 5.13. The zero-order valence-corrected chi connectivity index (χ0v) is 14.1. The van der Waals surface area contributed by atoms with E-state index in [1.54, 1.807) is 6.92 Å². The Hall–Kier alpha value is -0.630.